The van der Waals surface area contributed by atoms with Crippen LogP contribution in [0.1, 0.15) is 89.5 Å². The van der Waals surface area contributed by atoms with Crippen LogP contribution in [0.15, 0.2) is 97.1 Å². The van der Waals surface area contributed by atoms with E-state index in [1.165, 1.54) is 27.8 Å². The molecule has 0 saturated carbocycles. The van der Waals surface area contributed by atoms with Gasteiger partial charge in [-0.1, -0.05) is 85.8 Å². The number of imide groups is 1. The summed E-state index contributed by atoms with van der Waals surface area (Å²) in [6, 6.07) is 32.8. The SMILES string of the molecule is CC/C(=C(/c1ccc(B(O)O)cc1)c1ccc(C2CCN(CCCN3CCN(c4ccc5c(c4)CN(C4CCC(=O)NC4=O)C5=O)CC3)CC2)cc1)c1ccccc1. The zero-order valence-corrected chi connectivity index (χ0v) is 33.5. The first-order valence-electron chi connectivity index (χ1n) is 21.1. The molecule has 3 fully saturated rings. The number of rotatable bonds is 12. The average Bonchev–Trinajstić information content (AvgIpc) is 3.58. The first-order valence-corrected chi connectivity index (χ1v) is 21.1. The van der Waals surface area contributed by atoms with E-state index < -0.39 is 13.2 Å². The van der Waals surface area contributed by atoms with Gasteiger partial charge in [0.2, 0.25) is 11.8 Å². The van der Waals surface area contributed by atoms with Gasteiger partial charge in [-0.3, -0.25) is 24.6 Å². The Hall–Kier alpha value is -5.07. The minimum atomic E-state index is -1.49. The van der Waals surface area contributed by atoms with Crippen molar-refractivity contribution in [2.75, 3.05) is 57.3 Å². The summed E-state index contributed by atoms with van der Waals surface area (Å²) >= 11 is 0. The topological polar surface area (TPSA) is 117 Å². The van der Waals surface area contributed by atoms with E-state index in [0.29, 0.717) is 29.9 Å². The smallest absolute Gasteiger partial charge is 0.423 e. The van der Waals surface area contributed by atoms with Crippen LogP contribution in [0.3, 0.4) is 0 Å². The Bertz CT molecular complexity index is 2130. The summed E-state index contributed by atoms with van der Waals surface area (Å²) in [7, 11) is -1.49. The van der Waals surface area contributed by atoms with Gasteiger partial charge in [-0.05, 0) is 127 Å². The molecule has 4 aliphatic heterocycles. The molecule has 4 aromatic rings. The van der Waals surface area contributed by atoms with E-state index in [-0.39, 0.29) is 24.1 Å². The molecular formula is C47H54BN5O5. The lowest BCUT2D eigenvalue weighted by Gasteiger charge is -2.37. The van der Waals surface area contributed by atoms with Gasteiger partial charge in [-0.25, -0.2) is 0 Å². The minimum Gasteiger partial charge on any atom is -0.423 e. The molecule has 3 N–H and O–H groups in total. The molecule has 3 amide bonds. The predicted octanol–water partition coefficient (Wildman–Crippen LogP) is 4.89. The number of piperazine rings is 1. The van der Waals surface area contributed by atoms with E-state index in [1.807, 2.05) is 30.3 Å². The fourth-order valence-electron chi connectivity index (χ4n) is 9.42. The number of nitrogens with one attached hydrogen (secondary N) is 1. The molecule has 8 rings (SSSR count). The summed E-state index contributed by atoms with van der Waals surface area (Å²) in [6.07, 6.45) is 4.98. The van der Waals surface area contributed by atoms with Crippen molar-refractivity contribution in [3.8, 4) is 0 Å². The largest absolute Gasteiger partial charge is 0.488 e. The highest BCUT2D eigenvalue weighted by atomic mass is 16.4. The molecule has 3 saturated heterocycles. The third-order valence-corrected chi connectivity index (χ3v) is 12.7. The number of amides is 3. The molecule has 1 unspecified atom stereocenters. The second-order valence-electron chi connectivity index (χ2n) is 16.2. The maximum atomic E-state index is 13.1. The van der Waals surface area contributed by atoms with E-state index in [2.05, 4.69) is 81.5 Å². The first kappa shape index (κ1) is 39.7. The Morgan fingerprint density at radius 3 is 2.03 bits per heavy atom. The third-order valence-electron chi connectivity index (χ3n) is 12.7. The fraction of sp³-hybridized carbons (Fsp3) is 0.383. The van der Waals surface area contributed by atoms with Crippen molar-refractivity contribution in [2.24, 2.45) is 0 Å². The van der Waals surface area contributed by atoms with Crippen LogP contribution in [0.4, 0.5) is 5.69 Å². The molecule has 0 radical (unpaired) electrons. The van der Waals surface area contributed by atoms with Crippen molar-refractivity contribution >= 4 is 47.1 Å². The molecule has 4 heterocycles. The molecule has 4 aliphatic rings. The summed E-state index contributed by atoms with van der Waals surface area (Å²) in [5, 5.41) is 21.8. The number of nitrogens with zero attached hydrogens (tertiary/aromatic N) is 4. The molecule has 1 atom stereocenters. The number of carbonyl (C=O) groups is 3. The lowest BCUT2D eigenvalue weighted by Crippen LogP contribution is -2.52. The second kappa shape index (κ2) is 17.8. The number of allylic oxidation sites excluding steroid dienone is 1. The second-order valence-corrected chi connectivity index (χ2v) is 16.2. The number of hydrogen-bond acceptors (Lipinski definition) is 8. The van der Waals surface area contributed by atoms with Crippen LogP contribution < -0.4 is 15.7 Å². The predicted molar refractivity (Wildman–Crippen MR) is 230 cm³/mol. The molecular weight excluding hydrogens is 725 g/mol. The van der Waals surface area contributed by atoms with E-state index in [4.69, 9.17) is 0 Å². The molecule has 11 heteroatoms. The minimum absolute atomic E-state index is 0.127. The maximum absolute atomic E-state index is 13.1. The van der Waals surface area contributed by atoms with Gasteiger partial charge < -0.3 is 24.7 Å². The fourth-order valence-corrected chi connectivity index (χ4v) is 9.42. The number of benzene rings is 4. The highest BCUT2D eigenvalue weighted by Crippen LogP contribution is 2.36. The standard InChI is InChI=1S/C47H54BN5O5/c1-2-41(35-7-4-3-5-8-35)45(37-13-15-39(16-14-37)48(57)58)36-11-9-33(10-12-36)34-21-25-50(26-22-34)23-6-24-51-27-29-52(30-28-51)40-17-18-42-38(31-40)32-53(47(42)56)43-19-20-44(54)49-46(43)55/h3-5,7-18,31,34,43,57-58H,2,6,19-30,32H2,1H3,(H,49,54,55)/b45-41-. The van der Waals surface area contributed by atoms with Gasteiger partial charge in [0.15, 0.2) is 0 Å². The van der Waals surface area contributed by atoms with Crippen molar-refractivity contribution in [3.05, 3.63) is 130 Å². The molecule has 0 bridgehead atoms. The Morgan fingerprint density at radius 1 is 0.741 bits per heavy atom. The zero-order valence-electron chi connectivity index (χ0n) is 33.5. The summed E-state index contributed by atoms with van der Waals surface area (Å²) < 4.78 is 0. The van der Waals surface area contributed by atoms with Crippen LogP contribution >= 0.6 is 0 Å². The van der Waals surface area contributed by atoms with Gasteiger partial charge in [0.05, 0.1) is 0 Å². The van der Waals surface area contributed by atoms with Crippen LogP contribution in [-0.4, -0.2) is 108 Å². The van der Waals surface area contributed by atoms with Crippen molar-refractivity contribution in [1.82, 2.24) is 20.0 Å². The number of hydrogen-bond donors (Lipinski definition) is 3. The van der Waals surface area contributed by atoms with Crippen molar-refractivity contribution in [1.29, 1.82) is 0 Å². The van der Waals surface area contributed by atoms with Crippen LogP contribution in [0, 0.1) is 0 Å². The normalized spacial score (nSPS) is 19.9. The Balaban J connectivity index is 0.807. The van der Waals surface area contributed by atoms with E-state index in [9.17, 15) is 24.4 Å². The van der Waals surface area contributed by atoms with Crippen LogP contribution in [0.2, 0.25) is 0 Å². The Morgan fingerprint density at radius 2 is 1.40 bits per heavy atom. The van der Waals surface area contributed by atoms with E-state index in [0.717, 1.165) is 94.9 Å². The van der Waals surface area contributed by atoms with Gasteiger partial charge in [0, 0.05) is 50.4 Å². The van der Waals surface area contributed by atoms with E-state index in [1.54, 1.807) is 17.0 Å². The van der Waals surface area contributed by atoms with Gasteiger partial charge in [0.25, 0.3) is 5.91 Å². The number of likely N-dealkylation sites (tertiary alicyclic amines) is 1. The van der Waals surface area contributed by atoms with Crippen molar-refractivity contribution in [2.45, 2.75) is 64.0 Å². The van der Waals surface area contributed by atoms with Gasteiger partial charge in [0.1, 0.15) is 6.04 Å². The highest BCUT2D eigenvalue weighted by Gasteiger charge is 2.39. The summed E-state index contributed by atoms with van der Waals surface area (Å²) in [5.41, 5.74) is 10.5. The Kier molecular flexibility index (Phi) is 12.2. The van der Waals surface area contributed by atoms with Gasteiger partial charge in [-0.15, -0.1) is 0 Å². The summed E-state index contributed by atoms with van der Waals surface area (Å²) in [6.45, 7) is 10.9. The van der Waals surface area contributed by atoms with Crippen molar-refractivity contribution < 1.29 is 24.4 Å². The summed E-state index contributed by atoms with van der Waals surface area (Å²) in [4.78, 5) is 46.4. The van der Waals surface area contributed by atoms with Crippen LogP contribution in [-0.2, 0) is 16.1 Å². The van der Waals surface area contributed by atoms with Gasteiger partial charge >= 0.3 is 7.12 Å². The number of anilines is 1. The third kappa shape index (κ3) is 8.68. The molecule has 0 aromatic heterocycles. The molecule has 10 nitrogen and oxygen atoms in total. The van der Waals surface area contributed by atoms with E-state index >= 15 is 0 Å². The monoisotopic (exact) mass is 779 g/mol. The number of piperidine rings is 2. The van der Waals surface area contributed by atoms with Crippen LogP contribution in [0.5, 0.6) is 0 Å². The molecule has 300 valence electrons. The average molecular weight is 780 g/mol. The molecule has 0 aliphatic carbocycles. The zero-order chi connectivity index (χ0) is 40.2. The molecule has 58 heavy (non-hydrogen) atoms. The highest BCUT2D eigenvalue weighted by molar-refractivity contribution is 6.58. The molecule has 0 spiro atoms. The number of fused-ring (bicyclic) bond motifs is 1. The maximum Gasteiger partial charge on any atom is 0.488 e. The first-order chi connectivity index (χ1) is 28.2. The van der Waals surface area contributed by atoms with Crippen LogP contribution in [0.25, 0.3) is 11.1 Å². The van der Waals surface area contributed by atoms with Gasteiger partial charge in [-0.2, -0.15) is 0 Å². The lowest BCUT2D eigenvalue weighted by molar-refractivity contribution is -0.136. The quantitative estimate of drug-likeness (QED) is 0.106. The molecule has 4 aromatic carbocycles. The Labute approximate surface area is 342 Å². The summed E-state index contributed by atoms with van der Waals surface area (Å²) in [5.74, 6) is -0.223. The lowest BCUT2D eigenvalue weighted by atomic mass is 9.79. The number of carbonyl (C=O) groups excluding carboxylic acids is 3. The van der Waals surface area contributed by atoms with Crippen molar-refractivity contribution in [3.63, 3.8) is 0 Å².